The Morgan fingerprint density at radius 1 is 1.54 bits per heavy atom. The van der Waals surface area contributed by atoms with Crippen LogP contribution in [0.3, 0.4) is 0 Å². The van der Waals surface area contributed by atoms with E-state index in [2.05, 4.69) is 29.1 Å². The number of aliphatic imine (C=N–C) groups is 1. The molecule has 0 amide bonds. The quantitative estimate of drug-likeness (QED) is 0.655. The molecule has 13 heavy (non-hydrogen) atoms. The molecule has 2 heterocycles. The number of rotatable bonds is 1. The fourth-order valence-corrected chi connectivity index (χ4v) is 1.98. The van der Waals surface area contributed by atoms with Crippen LogP contribution < -0.4 is 5.32 Å². The van der Waals surface area contributed by atoms with Gasteiger partial charge in [-0.15, -0.1) is 0 Å². The number of guanidine groups is 1. The summed E-state index contributed by atoms with van der Waals surface area (Å²) in [6.45, 7) is 9.07. The number of nitrogens with one attached hydrogen (secondary N) is 1. The van der Waals surface area contributed by atoms with Gasteiger partial charge in [-0.2, -0.15) is 0 Å². The van der Waals surface area contributed by atoms with Gasteiger partial charge in [-0.1, -0.05) is 13.8 Å². The second-order valence-corrected chi connectivity index (χ2v) is 4.51. The van der Waals surface area contributed by atoms with Gasteiger partial charge >= 0.3 is 0 Å². The highest BCUT2D eigenvalue weighted by Crippen LogP contribution is 2.32. The first-order valence-corrected chi connectivity index (χ1v) is 5.27. The van der Waals surface area contributed by atoms with E-state index in [1.54, 1.807) is 0 Å². The maximum atomic E-state index is 4.48. The van der Waals surface area contributed by atoms with Crippen molar-refractivity contribution in [1.29, 1.82) is 0 Å². The Morgan fingerprint density at radius 2 is 2.31 bits per heavy atom. The third-order valence-corrected chi connectivity index (χ3v) is 3.18. The van der Waals surface area contributed by atoms with Crippen LogP contribution in [0.1, 0.15) is 26.7 Å². The van der Waals surface area contributed by atoms with Crippen molar-refractivity contribution >= 4 is 5.96 Å². The van der Waals surface area contributed by atoms with Crippen molar-refractivity contribution in [2.45, 2.75) is 26.7 Å². The van der Waals surface area contributed by atoms with Crippen LogP contribution in [0.15, 0.2) is 4.99 Å². The van der Waals surface area contributed by atoms with Crippen LogP contribution in [-0.2, 0) is 0 Å². The third-order valence-electron chi connectivity index (χ3n) is 3.18. The Balaban J connectivity index is 1.88. The van der Waals surface area contributed by atoms with Crippen molar-refractivity contribution in [3.63, 3.8) is 0 Å². The van der Waals surface area contributed by atoms with Crippen molar-refractivity contribution in [2.24, 2.45) is 10.4 Å². The summed E-state index contributed by atoms with van der Waals surface area (Å²) < 4.78 is 0. The Labute approximate surface area is 80.2 Å². The van der Waals surface area contributed by atoms with E-state index >= 15 is 0 Å². The van der Waals surface area contributed by atoms with Gasteiger partial charge in [0.1, 0.15) is 0 Å². The summed E-state index contributed by atoms with van der Waals surface area (Å²) >= 11 is 0. The van der Waals surface area contributed by atoms with E-state index in [4.69, 9.17) is 0 Å². The number of likely N-dealkylation sites (tertiary alicyclic amines) is 1. The first-order chi connectivity index (χ1) is 6.23. The lowest BCUT2D eigenvalue weighted by Crippen LogP contribution is -2.60. The smallest absolute Gasteiger partial charge is 0.193 e. The first kappa shape index (κ1) is 8.85. The normalized spacial score (nSPS) is 26.0. The van der Waals surface area contributed by atoms with E-state index in [1.807, 2.05) is 0 Å². The molecule has 0 radical (unpaired) electrons. The van der Waals surface area contributed by atoms with Gasteiger partial charge in [-0.25, -0.2) is 0 Å². The molecule has 1 saturated heterocycles. The van der Waals surface area contributed by atoms with Gasteiger partial charge in [-0.05, 0) is 12.8 Å². The highest BCUT2D eigenvalue weighted by molar-refractivity contribution is 5.81. The summed E-state index contributed by atoms with van der Waals surface area (Å²) in [5, 5.41) is 3.36. The highest BCUT2D eigenvalue weighted by Gasteiger charge is 2.38. The van der Waals surface area contributed by atoms with E-state index in [9.17, 15) is 0 Å². The number of nitrogens with zero attached hydrogens (tertiary/aromatic N) is 2. The summed E-state index contributed by atoms with van der Waals surface area (Å²) in [6, 6.07) is 0. The molecular weight excluding hydrogens is 162 g/mol. The van der Waals surface area contributed by atoms with Crippen LogP contribution in [0.25, 0.3) is 0 Å². The molecule has 1 N–H and O–H groups in total. The summed E-state index contributed by atoms with van der Waals surface area (Å²) in [5.74, 6) is 1.14. The SMILES string of the molecule is CCC1(C)CN(C2=NCCCN2)C1. The zero-order valence-corrected chi connectivity index (χ0v) is 8.64. The van der Waals surface area contributed by atoms with Crippen LogP contribution in [0.5, 0.6) is 0 Å². The molecular formula is C10H19N3. The standard InChI is InChI=1S/C10H19N3/c1-3-10(2)7-13(8-10)9-11-5-4-6-12-9/h3-8H2,1-2H3,(H,11,12). The van der Waals surface area contributed by atoms with Crippen LogP contribution in [0, 0.1) is 5.41 Å². The van der Waals surface area contributed by atoms with E-state index in [-0.39, 0.29) is 0 Å². The van der Waals surface area contributed by atoms with Gasteiger partial charge in [-0.3, -0.25) is 4.99 Å². The van der Waals surface area contributed by atoms with Gasteiger partial charge in [0.05, 0.1) is 0 Å². The Hall–Kier alpha value is -0.730. The Kier molecular flexibility index (Phi) is 2.18. The molecule has 1 fully saturated rings. The van der Waals surface area contributed by atoms with Gasteiger partial charge in [0.2, 0.25) is 0 Å². The molecule has 2 aliphatic rings. The van der Waals surface area contributed by atoms with Crippen LogP contribution >= 0.6 is 0 Å². The zero-order chi connectivity index (χ0) is 9.31. The number of hydrogen-bond acceptors (Lipinski definition) is 3. The monoisotopic (exact) mass is 181 g/mol. The predicted octanol–water partition coefficient (Wildman–Crippen LogP) is 1.07. The van der Waals surface area contributed by atoms with Gasteiger partial charge in [0.15, 0.2) is 5.96 Å². The summed E-state index contributed by atoms with van der Waals surface area (Å²) in [7, 11) is 0. The lowest BCUT2D eigenvalue weighted by atomic mass is 9.80. The molecule has 0 aromatic heterocycles. The minimum absolute atomic E-state index is 0.543. The lowest BCUT2D eigenvalue weighted by molar-refractivity contribution is 0.0701. The molecule has 3 heteroatoms. The minimum Gasteiger partial charge on any atom is -0.356 e. The van der Waals surface area contributed by atoms with Crippen molar-refractivity contribution in [3.05, 3.63) is 0 Å². The van der Waals surface area contributed by atoms with Gasteiger partial charge in [0, 0.05) is 31.6 Å². The molecule has 0 saturated carbocycles. The average molecular weight is 181 g/mol. The molecule has 2 aliphatic heterocycles. The van der Waals surface area contributed by atoms with E-state index in [0.29, 0.717) is 5.41 Å². The molecule has 0 aromatic carbocycles. The second-order valence-electron chi connectivity index (χ2n) is 4.51. The summed E-state index contributed by atoms with van der Waals surface area (Å²) in [5.41, 5.74) is 0.543. The number of hydrogen-bond donors (Lipinski definition) is 1. The van der Waals surface area contributed by atoms with Gasteiger partial charge in [0.25, 0.3) is 0 Å². The first-order valence-electron chi connectivity index (χ1n) is 5.27. The highest BCUT2D eigenvalue weighted by atomic mass is 15.3. The topological polar surface area (TPSA) is 27.6 Å². The molecule has 3 nitrogen and oxygen atoms in total. The zero-order valence-electron chi connectivity index (χ0n) is 8.64. The largest absolute Gasteiger partial charge is 0.356 e. The molecule has 0 atom stereocenters. The molecule has 0 unspecified atom stereocenters. The van der Waals surface area contributed by atoms with Crippen molar-refractivity contribution < 1.29 is 0 Å². The van der Waals surface area contributed by atoms with E-state index < -0.39 is 0 Å². The molecule has 2 rings (SSSR count). The van der Waals surface area contributed by atoms with Crippen molar-refractivity contribution in [3.8, 4) is 0 Å². The van der Waals surface area contributed by atoms with E-state index in [0.717, 1.165) is 19.0 Å². The van der Waals surface area contributed by atoms with Gasteiger partial charge < -0.3 is 10.2 Å². The second kappa shape index (κ2) is 3.20. The molecule has 0 bridgehead atoms. The van der Waals surface area contributed by atoms with Crippen LogP contribution in [0.4, 0.5) is 0 Å². The van der Waals surface area contributed by atoms with Crippen molar-refractivity contribution in [1.82, 2.24) is 10.2 Å². The summed E-state index contributed by atoms with van der Waals surface area (Å²) in [6.07, 6.45) is 2.46. The van der Waals surface area contributed by atoms with Crippen LogP contribution in [0.2, 0.25) is 0 Å². The van der Waals surface area contributed by atoms with Crippen LogP contribution in [-0.4, -0.2) is 37.0 Å². The fourth-order valence-electron chi connectivity index (χ4n) is 1.98. The average Bonchev–Trinajstić information content (AvgIpc) is 2.14. The maximum absolute atomic E-state index is 4.48. The molecule has 0 aromatic rings. The lowest BCUT2D eigenvalue weighted by Gasteiger charge is -2.49. The molecule has 0 spiro atoms. The maximum Gasteiger partial charge on any atom is 0.193 e. The molecule has 74 valence electrons. The molecule has 0 aliphatic carbocycles. The third kappa shape index (κ3) is 1.64. The van der Waals surface area contributed by atoms with E-state index in [1.165, 1.54) is 25.9 Å². The summed E-state index contributed by atoms with van der Waals surface area (Å²) in [4.78, 5) is 6.85. The Morgan fingerprint density at radius 3 is 2.85 bits per heavy atom. The minimum atomic E-state index is 0.543. The van der Waals surface area contributed by atoms with Crippen molar-refractivity contribution in [2.75, 3.05) is 26.2 Å². The predicted molar refractivity (Wildman–Crippen MR) is 54.9 cm³/mol. The Bertz CT molecular complexity index is 216. The fraction of sp³-hybridized carbons (Fsp3) is 0.900.